The van der Waals surface area contributed by atoms with E-state index in [2.05, 4.69) is 10.6 Å². The molecule has 0 heterocycles. The van der Waals surface area contributed by atoms with Gasteiger partial charge in [-0.1, -0.05) is 12.8 Å². The van der Waals surface area contributed by atoms with Crippen molar-refractivity contribution in [3.63, 3.8) is 0 Å². The van der Waals surface area contributed by atoms with Gasteiger partial charge in [-0.15, -0.1) is 0 Å². The number of nitrogens with one attached hydrogen (secondary N) is 2. The molecule has 0 saturated heterocycles. The van der Waals surface area contributed by atoms with E-state index in [0.29, 0.717) is 30.0 Å². The number of carbonyl (C=O) groups is 3. The van der Waals surface area contributed by atoms with E-state index in [4.69, 9.17) is 14.2 Å². The van der Waals surface area contributed by atoms with Gasteiger partial charge in [0, 0.05) is 35.8 Å². The summed E-state index contributed by atoms with van der Waals surface area (Å²) in [7, 11) is 3.03. The van der Waals surface area contributed by atoms with Crippen molar-refractivity contribution in [1.82, 2.24) is 5.32 Å². The molecule has 8 heteroatoms. The number of methoxy groups -OCH3 is 2. The van der Waals surface area contributed by atoms with Crippen molar-refractivity contribution in [2.75, 3.05) is 19.5 Å². The fourth-order valence-electron chi connectivity index (χ4n) is 3.74. The van der Waals surface area contributed by atoms with E-state index in [1.54, 1.807) is 18.2 Å². The van der Waals surface area contributed by atoms with Gasteiger partial charge in [0.05, 0.1) is 19.6 Å². The third-order valence-corrected chi connectivity index (χ3v) is 5.28. The van der Waals surface area contributed by atoms with Crippen LogP contribution in [0.15, 0.2) is 18.2 Å². The van der Waals surface area contributed by atoms with Gasteiger partial charge >= 0.3 is 5.97 Å². The van der Waals surface area contributed by atoms with Crippen LogP contribution in [-0.2, 0) is 19.1 Å². The Bertz CT molecular complexity index is 787. The molecule has 2 rings (SSSR count). The molecule has 0 spiro atoms. The van der Waals surface area contributed by atoms with Crippen molar-refractivity contribution in [1.29, 1.82) is 0 Å². The van der Waals surface area contributed by atoms with E-state index in [9.17, 15) is 14.4 Å². The smallest absolute Gasteiger partial charge is 0.313 e. The SMILES string of the molecule is COc1cc(NC(=O)C(C)OC(=O)C2(CC(=O)NC(C)(C)C)CCCC2)cc(OC)c1. The lowest BCUT2D eigenvalue weighted by molar-refractivity contribution is -0.165. The van der Waals surface area contributed by atoms with Crippen molar-refractivity contribution >= 4 is 23.5 Å². The summed E-state index contributed by atoms with van der Waals surface area (Å²) in [5.41, 5.74) is -0.807. The Labute approximate surface area is 184 Å². The minimum atomic E-state index is -1.02. The van der Waals surface area contributed by atoms with Gasteiger partial charge in [0.2, 0.25) is 5.91 Å². The minimum Gasteiger partial charge on any atom is -0.497 e. The van der Waals surface area contributed by atoms with Crippen LogP contribution in [0.2, 0.25) is 0 Å². The molecule has 1 aromatic rings. The monoisotopic (exact) mass is 434 g/mol. The van der Waals surface area contributed by atoms with Crippen LogP contribution in [0.1, 0.15) is 59.8 Å². The lowest BCUT2D eigenvalue weighted by Gasteiger charge is -2.29. The number of anilines is 1. The molecule has 1 unspecified atom stereocenters. The van der Waals surface area contributed by atoms with E-state index in [0.717, 1.165) is 12.8 Å². The van der Waals surface area contributed by atoms with Crippen molar-refractivity contribution in [2.24, 2.45) is 5.41 Å². The van der Waals surface area contributed by atoms with E-state index < -0.39 is 23.4 Å². The van der Waals surface area contributed by atoms with E-state index in [1.807, 2.05) is 20.8 Å². The molecular formula is C23H34N2O6. The first-order valence-electron chi connectivity index (χ1n) is 10.5. The van der Waals surface area contributed by atoms with Crippen LogP contribution in [0.3, 0.4) is 0 Å². The lowest BCUT2D eigenvalue weighted by atomic mass is 9.82. The average molecular weight is 435 g/mol. The van der Waals surface area contributed by atoms with Crippen LogP contribution in [0.5, 0.6) is 11.5 Å². The molecule has 1 saturated carbocycles. The Kier molecular flexibility index (Phi) is 7.92. The zero-order valence-electron chi connectivity index (χ0n) is 19.3. The normalized spacial score (nSPS) is 16.2. The third kappa shape index (κ3) is 6.87. The molecular weight excluding hydrogens is 400 g/mol. The first kappa shape index (κ1) is 24.5. The zero-order chi connectivity index (χ0) is 23.2. The first-order chi connectivity index (χ1) is 14.5. The number of hydrogen-bond donors (Lipinski definition) is 2. The first-order valence-corrected chi connectivity index (χ1v) is 10.5. The topological polar surface area (TPSA) is 103 Å². The van der Waals surface area contributed by atoms with E-state index >= 15 is 0 Å². The van der Waals surface area contributed by atoms with Gasteiger partial charge in [-0.25, -0.2) is 0 Å². The van der Waals surface area contributed by atoms with E-state index in [-0.39, 0.29) is 17.9 Å². The summed E-state index contributed by atoms with van der Waals surface area (Å²) in [6, 6.07) is 4.97. The molecule has 0 aliphatic heterocycles. The molecule has 1 fully saturated rings. The van der Waals surface area contributed by atoms with Crippen LogP contribution < -0.4 is 20.1 Å². The van der Waals surface area contributed by atoms with E-state index in [1.165, 1.54) is 21.1 Å². The van der Waals surface area contributed by atoms with Crippen LogP contribution in [0.25, 0.3) is 0 Å². The predicted octanol–water partition coefficient (Wildman–Crippen LogP) is 3.44. The predicted molar refractivity (Wildman–Crippen MR) is 117 cm³/mol. The van der Waals surface area contributed by atoms with Crippen molar-refractivity contribution in [3.05, 3.63) is 18.2 Å². The molecule has 2 amide bonds. The summed E-state index contributed by atoms with van der Waals surface area (Å²) in [5.74, 6) is -0.119. The largest absolute Gasteiger partial charge is 0.497 e. The summed E-state index contributed by atoms with van der Waals surface area (Å²) in [6.45, 7) is 7.20. The Morgan fingerprint density at radius 2 is 1.58 bits per heavy atom. The highest BCUT2D eigenvalue weighted by molar-refractivity contribution is 5.96. The number of amides is 2. The molecule has 1 aromatic carbocycles. The van der Waals surface area contributed by atoms with Gasteiger partial charge in [0.1, 0.15) is 11.5 Å². The summed E-state index contributed by atoms with van der Waals surface area (Å²) in [6.07, 6.45) is 1.89. The molecule has 31 heavy (non-hydrogen) atoms. The number of rotatable bonds is 8. The highest BCUT2D eigenvalue weighted by atomic mass is 16.5. The molecule has 0 aromatic heterocycles. The molecule has 1 atom stereocenters. The third-order valence-electron chi connectivity index (χ3n) is 5.28. The molecule has 172 valence electrons. The van der Waals surface area contributed by atoms with Crippen molar-refractivity contribution in [2.45, 2.75) is 71.4 Å². The number of hydrogen-bond acceptors (Lipinski definition) is 6. The van der Waals surface area contributed by atoms with Crippen LogP contribution in [-0.4, -0.2) is 43.6 Å². The highest BCUT2D eigenvalue weighted by Crippen LogP contribution is 2.42. The molecule has 0 radical (unpaired) electrons. The standard InChI is InChI=1S/C23H34N2O6/c1-15(20(27)24-16-11-17(29-5)13-18(12-16)30-6)31-21(28)23(9-7-8-10-23)14-19(26)25-22(2,3)4/h11-13,15H,7-10,14H2,1-6H3,(H,24,27)(H,25,26). The maximum absolute atomic E-state index is 13.0. The Morgan fingerprint density at radius 3 is 2.06 bits per heavy atom. The van der Waals surface area contributed by atoms with Crippen molar-refractivity contribution in [3.8, 4) is 11.5 Å². The number of esters is 1. The lowest BCUT2D eigenvalue weighted by Crippen LogP contribution is -2.45. The zero-order valence-corrected chi connectivity index (χ0v) is 19.3. The van der Waals surface area contributed by atoms with Crippen LogP contribution >= 0.6 is 0 Å². The van der Waals surface area contributed by atoms with Gasteiger partial charge in [0.25, 0.3) is 5.91 Å². The summed E-state index contributed by atoms with van der Waals surface area (Å²) >= 11 is 0. The maximum Gasteiger partial charge on any atom is 0.313 e. The second-order valence-electron chi connectivity index (χ2n) is 9.10. The van der Waals surface area contributed by atoms with Gasteiger partial charge in [-0.05, 0) is 40.5 Å². The molecule has 1 aliphatic rings. The van der Waals surface area contributed by atoms with Gasteiger partial charge in [-0.2, -0.15) is 0 Å². The van der Waals surface area contributed by atoms with Gasteiger partial charge in [0.15, 0.2) is 6.10 Å². The fourth-order valence-corrected chi connectivity index (χ4v) is 3.74. The number of carbonyl (C=O) groups excluding carboxylic acids is 3. The summed E-state index contributed by atoms with van der Waals surface area (Å²) < 4.78 is 15.9. The van der Waals surface area contributed by atoms with Gasteiger partial charge < -0.3 is 24.8 Å². The summed E-state index contributed by atoms with van der Waals surface area (Å²) in [5, 5.41) is 5.62. The second kappa shape index (κ2) is 10.0. The Hall–Kier alpha value is -2.77. The van der Waals surface area contributed by atoms with Crippen molar-refractivity contribution < 1.29 is 28.6 Å². The molecule has 1 aliphatic carbocycles. The second-order valence-corrected chi connectivity index (χ2v) is 9.10. The summed E-state index contributed by atoms with van der Waals surface area (Å²) in [4.78, 5) is 38.1. The quantitative estimate of drug-likeness (QED) is 0.608. The Balaban J connectivity index is 2.05. The molecule has 8 nitrogen and oxygen atoms in total. The van der Waals surface area contributed by atoms with Crippen LogP contribution in [0, 0.1) is 5.41 Å². The number of ether oxygens (including phenoxy) is 3. The van der Waals surface area contributed by atoms with Crippen LogP contribution in [0.4, 0.5) is 5.69 Å². The molecule has 0 bridgehead atoms. The minimum absolute atomic E-state index is 0.0600. The number of benzene rings is 1. The molecule has 2 N–H and O–H groups in total. The highest BCUT2D eigenvalue weighted by Gasteiger charge is 2.45. The average Bonchev–Trinajstić information content (AvgIpc) is 3.15. The van der Waals surface area contributed by atoms with Gasteiger partial charge in [-0.3, -0.25) is 14.4 Å². The Morgan fingerprint density at radius 1 is 1.03 bits per heavy atom. The maximum atomic E-state index is 13.0. The fraction of sp³-hybridized carbons (Fsp3) is 0.609.